The number of nitrogens with one attached hydrogen (secondary N) is 1. The second-order valence-electron chi connectivity index (χ2n) is 11.3. The van der Waals surface area contributed by atoms with Crippen LogP contribution in [0.4, 0.5) is 23.7 Å². The Hall–Kier alpha value is -3.48. The number of carbonyl (C=O) groups excluding carboxylic acids is 1. The van der Waals surface area contributed by atoms with Crippen LogP contribution in [-0.4, -0.2) is 65.8 Å². The summed E-state index contributed by atoms with van der Waals surface area (Å²) in [6.07, 6.45) is 2.33. The maximum atomic E-state index is 15.8. The van der Waals surface area contributed by atoms with Crippen LogP contribution in [0.3, 0.4) is 0 Å². The van der Waals surface area contributed by atoms with Gasteiger partial charge in [-0.15, -0.1) is 0 Å². The third-order valence-corrected chi connectivity index (χ3v) is 7.32. The Morgan fingerprint density at radius 1 is 1.28 bits per heavy atom. The van der Waals surface area contributed by atoms with Crippen molar-refractivity contribution in [3.8, 4) is 5.75 Å². The Kier molecular flexibility index (Phi) is 6.68. The number of hydrogen-bond donors (Lipinski definition) is 2. The predicted octanol–water partition coefficient (Wildman–Crippen LogP) is 3.90. The number of aromatic carboxylic acids is 1. The van der Waals surface area contributed by atoms with Crippen LogP contribution in [-0.2, 0) is 9.47 Å². The molecule has 2 aromatic rings. The van der Waals surface area contributed by atoms with Crippen LogP contribution >= 0.6 is 0 Å². The lowest BCUT2D eigenvalue weighted by atomic mass is 9.91. The number of alkyl halides is 2. The molecule has 1 aliphatic carbocycles. The van der Waals surface area contributed by atoms with Crippen LogP contribution in [0.1, 0.15) is 56.4 Å². The Labute approximate surface area is 221 Å². The third kappa shape index (κ3) is 5.11. The molecular formula is C26H30F3N3O7. The number of alkyl carbamates (subject to hydrolysis) is 1. The summed E-state index contributed by atoms with van der Waals surface area (Å²) in [5, 5.41) is 11.9. The molecule has 13 heteroatoms. The number of pyridine rings is 1. The minimum Gasteiger partial charge on any atom is -0.477 e. The van der Waals surface area contributed by atoms with Gasteiger partial charge in [0.2, 0.25) is 5.43 Å². The number of rotatable bonds is 7. The number of fused-ring (bicyclic) bond motifs is 2. The summed E-state index contributed by atoms with van der Waals surface area (Å²) in [5.74, 6) is -3.20. The van der Waals surface area contributed by atoms with Gasteiger partial charge in [-0.1, -0.05) is 0 Å². The van der Waals surface area contributed by atoms with Gasteiger partial charge in [-0.2, -0.15) is 8.78 Å². The third-order valence-electron chi connectivity index (χ3n) is 7.32. The smallest absolute Gasteiger partial charge is 0.407 e. The molecule has 1 unspecified atom stereocenters. The Balaban J connectivity index is 1.58. The molecular weight excluding hydrogens is 523 g/mol. The second-order valence-corrected chi connectivity index (χ2v) is 11.3. The highest BCUT2D eigenvalue weighted by molar-refractivity contribution is 5.97. The van der Waals surface area contributed by atoms with Crippen LogP contribution in [0, 0.1) is 11.7 Å². The van der Waals surface area contributed by atoms with E-state index in [0.29, 0.717) is 25.9 Å². The molecule has 2 N–H and O–H groups in total. The molecule has 3 aliphatic rings. The summed E-state index contributed by atoms with van der Waals surface area (Å²) in [4.78, 5) is 38.5. The lowest BCUT2D eigenvalue weighted by Gasteiger charge is -2.30. The number of ether oxygens (including phenoxy) is 3. The normalized spacial score (nSPS) is 22.8. The van der Waals surface area contributed by atoms with Gasteiger partial charge in [0.15, 0.2) is 11.6 Å². The minimum atomic E-state index is -3.34. The van der Waals surface area contributed by atoms with Crippen LogP contribution in [0.5, 0.6) is 5.75 Å². The highest BCUT2D eigenvalue weighted by atomic mass is 19.3. The number of carboxylic acids is 1. The van der Waals surface area contributed by atoms with E-state index in [4.69, 9.17) is 14.2 Å². The van der Waals surface area contributed by atoms with E-state index in [1.807, 2.05) is 0 Å². The van der Waals surface area contributed by atoms with Crippen molar-refractivity contribution in [2.45, 2.75) is 63.9 Å². The minimum absolute atomic E-state index is 0.0519. The number of benzene rings is 1. The maximum absolute atomic E-state index is 15.8. The van der Waals surface area contributed by atoms with E-state index in [2.05, 4.69) is 5.32 Å². The molecule has 5 rings (SSSR count). The number of anilines is 1. The summed E-state index contributed by atoms with van der Waals surface area (Å²) in [6.45, 7) is 2.58. The Morgan fingerprint density at radius 3 is 2.62 bits per heavy atom. The number of nitrogens with zero attached hydrogens (tertiary/aromatic N) is 2. The molecule has 1 amide bonds. The number of aromatic nitrogens is 1. The van der Waals surface area contributed by atoms with E-state index in [1.165, 1.54) is 9.47 Å². The van der Waals surface area contributed by atoms with Gasteiger partial charge in [-0.05, 0) is 46.1 Å². The van der Waals surface area contributed by atoms with Crippen molar-refractivity contribution in [1.82, 2.24) is 9.88 Å². The number of carboxylic acid groups (broad SMARTS) is 1. The lowest BCUT2D eigenvalue weighted by Crippen LogP contribution is -2.49. The van der Waals surface area contributed by atoms with E-state index in [-0.39, 0.29) is 48.2 Å². The van der Waals surface area contributed by atoms with Crippen molar-refractivity contribution in [3.63, 3.8) is 0 Å². The highest BCUT2D eigenvalue weighted by Gasteiger charge is 2.52. The lowest BCUT2D eigenvalue weighted by molar-refractivity contribution is -0.0488. The quantitative estimate of drug-likeness (QED) is 0.530. The fourth-order valence-electron chi connectivity index (χ4n) is 5.56. The molecule has 0 spiro atoms. The van der Waals surface area contributed by atoms with Crippen molar-refractivity contribution in [3.05, 3.63) is 33.9 Å². The van der Waals surface area contributed by atoms with Gasteiger partial charge >= 0.3 is 18.7 Å². The largest absolute Gasteiger partial charge is 0.477 e. The molecule has 3 fully saturated rings. The summed E-state index contributed by atoms with van der Waals surface area (Å²) in [5.41, 5.74) is -3.56. The first-order valence-electron chi connectivity index (χ1n) is 12.7. The van der Waals surface area contributed by atoms with E-state index in [9.17, 15) is 28.3 Å². The zero-order valence-electron chi connectivity index (χ0n) is 21.8. The molecule has 0 radical (unpaired) electrons. The number of halogens is 3. The average molecular weight is 554 g/mol. The molecule has 1 saturated carbocycles. The Bertz CT molecular complexity index is 1390. The van der Waals surface area contributed by atoms with Crippen molar-refractivity contribution in [1.29, 1.82) is 0 Å². The summed E-state index contributed by atoms with van der Waals surface area (Å²) in [7, 11) is 0. The van der Waals surface area contributed by atoms with E-state index < -0.39 is 52.4 Å². The first-order valence-corrected chi connectivity index (χ1v) is 12.7. The van der Waals surface area contributed by atoms with Crippen molar-refractivity contribution >= 4 is 28.7 Å². The van der Waals surface area contributed by atoms with Gasteiger partial charge in [0.25, 0.3) is 0 Å². The van der Waals surface area contributed by atoms with E-state index in [1.54, 1.807) is 20.8 Å². The molecule has 2 atom stereocenters. The second kappa shape index (κ2) is 9.61. The number of amides is 1. The SMILES string of the molecule is CC(C)(C)OC(=O)NCC12CN(c3c(F)cc4c(=O)c(C(=O)O)cn(C5CC5)c4c3OC(F)F)C[C@H]1CCO2. The predicted molar refractivity (Wildman–Crippen MR) is 133 cm³/mol. The van der Waals surface area contributed by atoms with E-state index in [0.717, 1.165) is 12.3 Å². The molecule has 212 valence electrons. The van der Waals surface area contributed by atoms with Gasteiger partial charge in [0, 0.05) is 37.9 Å². The van der Waals surface area contributed by atoms with Crippen LogP contribution in [0.2, 0.25) is 0 Å². The molecule has 1 aromatic heterocycles. The van der Waals surface area contributed by atoms with Crippen molar-refractivity contribution < 1.29 is 42.1 Å². The molecule has 2 saturated heterocycles. The summed E-state index contributed by atoms with van der Waals surface area (Å²) < 4.78 is 60.8. The maximum Gasteiger partial charge on any atom is 0.407 e. The van der Waals surface area contributed by atoms with Crippen molar-refractivity contribution in [2.75, 3.05) is 31.1 Å². The molecule has 39 heavy (non-hydrogen) atoms. The highest BCUT2D eigenvalue weighted by Crippen LogP contribution is 2.48. The fraction of sp³-hybridized carbons (Fsp3) is 0.577. The summed E-state index contributed by atoms with van der Waals surface area (Å²) in [6, 6.07) is 0.646. The zero-order valence-corrected chi connectivity index (χ0v) is 21.8. The molecule has 0 bridgehead atoms. The molecule has 1 aromatic carbocycles. The first kappa shape index (κ1) is 27.1. The monoisotopic (exact) mass is 553 g/mol. The van der Waals surface area contributed by atoms with Crippen LogP contribution in [0.15, 0.2) is 17.1 Å². The van der Waals surface area contributed by atoms with Gasteiger partial charge in [0.1, 0.15) is 22.5 Å². The van der Waals surface area contributed by atoms with Crippen molar-refractivity contribution in [2.24, 2.45) is 5.92 Å². The Morgan fingerprint density at radius 2 is 2.00 bits per heavy atom. The van der Waals surface area contributed by atoms with Crippen LogP contribution < -0.4 is 20.4 Å². The standard InChI is InChI=1S/C26H30F3N3O7/c1-25(2,3)39-24(36)30-11-26-12-31(9-13(26)6-7-37-26)19-17(27)8-15-18(21(19)38-23(28)29)32(14-4-5-14)10-16(20(15)33)22(34)35/h8,10,13-14,23H,4-7,9,11-12H2,1-3H3,(H,30,36)(H,34,35)/t13-,26?/m1/s1. The van der Waals surface area contributed by atoms with Gasteiger partial charge < -0.3 is 34.1 Å². The van der Waals surface area contributed by atoms with Crippen LogP contribution in [0.25, 0.3) is 10.9 Å². The molecule has 3 heterocycles. The topological polar surface area (TPSA) is 119 Å². The fourth-order valence-corrected chi connectivity index (χ4v) is 5.56. The summed E-state index contributed by atoms with van der Waals surface area (Å²) >= 11 is 0. The number of carbonyl (C=O) groups is 2. The van der Waals surface area contributed by atoms with Gasteiger partial charge in [0.05, 0.1) is 17.4 Å². The molecule has 10 nitrogen and oxygen atoms in total. The van der Waals surface area contributed by atoms with Gasteiger partial charge in [-0.25, -0.2) is 14.0 Å². The average Bonchev–Trinajstić information content (AvgIpc) is 3.49. The van der Waals surface area contributed by atoms with Gasteiger partial charge in [-0.3, -0.25) is 4.79 Å². The van der Waals surface area contributed by atoms with E-state index >= 15 is 4.39 Å². The first-order chi connectivity index (χ1) is 18.3. The number of hydrogen-bond acceptors (Lipinski definition) is 7. The zero-order chi connectivity index (χ0) is 28.3. The molecule has 2 aliphatic heterocycles.